The molecule has 1 fully saturated rings. The highest BCUT2D eigenvalue weighted by Gasteiger charge is 2.31. The van der Waals surface area contributed by atoms with E-state index in [1.54, 1.807) is 0 Å². The molecule has 0 aromatic heterocycles. The molecule has 1 aliphatic carbocycles. The summed E-state index contributed by atoms with van der Waals surface area (Å²) in [4.78, 5) is 0. The third-order valence-electron chi connectivity index (χ3n) is 5.11. The SMILES string of the molecule is CC(C)C1CCC(N)C(c2cccc3ccccc23)C1. The van der Waals surface area contributed by atoms with Gasteiger partial charge in [0.2, 0.25) is 0 Å². The second-order valence-electron chi connectivity index (χ2n) is 6.66. The van der Waals surface area contributed by atoms with Gasteiger partial charge in [0.05, 0.1) is 0 Å². The summed E-state index contributed by atoms with van der Waals surface area (Å²) in [5.41, 5.74) is 7.92. The van der Waals surface area contributed by atoms with Crippen molar-refractivity contribution in [3.63, 3.8) is 0 Å². The summed E-state index contributed by atoms with van der Waals surface area (Å²) in [6, 6.07) is 15.7. The molecule has 2 N–H and O–H groups in total. The zero-order valence-electron chi connectivity index (χ0n) is 12.5. The van der Waals surface area contributed by atoms with Gasteiger partial charge in [-0.05, 0) is 53.4 Å². The van der Waals surface area contributed by atoms with Crippen LogP contribution >= 0.6 is 0 Å². The average Bonchev–Trinajstić information content (AvgIpc) is 2.47. The highest BCUT2D eigenvalue weighted by molar-refractivity contribution is 5.86. The summed E-state index contributed by atoms with van der Waals surface area (Å²) < 4.78 is 0. The lowest BCUT2D eigenvalue weighted by Gasteiger charge is -2.36. The van der Waals surface area contributed by atoms with Gasteiger partial charge in [-0.25, -0.2) is 0 Å². The molecule has 0 saturated heterocycles. The fourth-order valence-corrected chi connectivity index (χ4v) is 3.76. The minimum atomic E-state index is 0.316. The highest BCUT2D eigenvalue weighted by atomic mass is 14.7. The predicted molar refractivity (Wildman–Crippen MR) is 86.8 cm³/mol. The summed E-state index contributed by atoms with van der Waals surface area (Å²) >= 11 is 0. The lowest BCUT2D eigenvalue weighted by atomic mass is 9.71. The summed E-state index contributed by atoms with van der Waals surface area (Å²) in [6.07, 6.45) is 3.70. The van der Waals surface area contributed by atoms with Crippen LogP contribution in [0.4, 0.5) is 0 Å². The lowest BCUT2D eigenvalue weighted by Crippen LogP contribution is -2.36. The van der Waals surface area contributed by atoms with Crippen LogP contribution in [0.25, 0.3) is 10.8 Å². The van der Waals surface area contributed by atoms with Crippen molar-refractivity contribution in [2.45, 2.75) is 45.1 Å². The first kappa shape index (κ1) is 13.6. The van der Waals surface area contributed by atoms with E-state index >= 15 is 0 Å². The van der Waals surface area contributed by atoms with Gasteiger partial charge in [0.1, 0.15) is 0 Å². The molecule has 0 spiro atoms. The van der Waals surface area contributed by atoms with E-state index in [1.807, 2.05) is 0 Å². The van der Waals surface area contributed by atoms with Crippen LogP contribution < -0.4 is 5.73 Å². The molecule has 106 valence electrons. The third kappa shape index (κ3) is 2.47. The van der Waals surface area contributed by atoms with Crippen LogP contribution in [0.15, 0.2) is 42.5 Å². The molecule has 3 rings (SSSR count). The van der Waals surface area contributed by atoms with Gasteiger partial charge in [-0.3, -0.25) is 0 Å². The normalized spacial score (nSPS) is 27.1. The van der Waals surface area contributed by atoms with Gasteiger partial charge in [-0.15, -0.1) is 0 Å². The third-order valence-corrected chi connectivity index (χ3v) is 5.11. The van der Waals surface area contributed by atoms with Crippen LogP contribution in [0.2, 0.25) is 0 Å². The Morgan fingerprint density at radius 2 is 1.75 bits per heavy atom. The van der Waals surface area contributed by atoms with Gasteiger partial charge in [0.15, 0.2) is 0 Å². The molecule has 1 saturated carbocycles. The number of hydrogen-bond acceptors (Lipinski definition) is 1. The molecular weight excluding hydrogens is 242 g/mol. The van der Waals surface area contributed by atoms with E-state index in [9.17, 15) is 0 Å². The Bertz CT molecular complexity index is 582. The quantitative estimate of drug-likeness (QED) is 0.838. The molecule has 3 atom stereocenters. The molecule has 1 aliphatic rings. The first-order valence-electron chi connectivity index (χ1n) is 7.90. The van der Waals surface area contributed by atoms with E-state index < -0.39 is 0 Å². The zero-order valence-corrected chi connectivity index (χ0v) is 12.5. The highest BCUT2D eigenvalue weighted by Crippen LogP contribution is 2.40. The number of rotatable bonds is 2. The zero-order chi connectivity index (χ0) is 14.1. The van der Waals surface area contributed by atoms with Gasteiger partial charge in [0, 0.05) is 6.04 Å². The Morgan fingerprint density at radius 3 is 2.55 bits per heavy atom. The molecular formula is C19H25N. The summed E-state index contributed by atoms with van der Waals surface area (Å²) in [5.74, 6) is 2.10. The molecule has 0 aliphatic heterocycles. The number of fused-ring (bicyclic) bond motifs is 1. The molecule has 0 radical (unpaired) electrons. The van der Waals surface area contributed by atoms with Gasteiger partial charge in [-0.1, -0.05) is 56.3 Å². The van der Waals surface area contributed by atoms with Gasteiger partial charge >= 0.3 is 0 Å². The first-order valence-corrected chi connectivity index (χ1v) is 7.90. The van der Waals surface area contributed by atoms with E-state index in [0.717, 1.165) is 18.3 Å². The van der Waals surface area contributed by atoms with Crippen molar-refractivity contribution in [1.29, 1.82) is 0 Å². The van der Waals surface area contributed by atoms with Crippen molar-refractivity contribution in [2.75, 3.05) is 0 Å². The maximum Gasteiger partial charge on any atom is 0.0108 e. The number of nitrogens with two attached hydrogens (primary N) is 1. The Hall–Kier alpha value is -1.34. The summed E-state index contributed by atoms with van der Waals surface area (Å²) in [7, 11) is 0. The maximum absolute atomic E-state index is 6.46. The Morgan fingerprint density at radius 1 is 1.00 bits per heavy atom. The standard InChI is InChI=1S/C19H25N/c1-13(2)15-10-11-19(20)18(12-15)17-9-5-7-14-6-3-4-8-16(14)17/h3-9,13,15,18-19H,10-12,20H2,1-2H3. The molecule has 20 heavy (non-hydrogen) atoms. The monoisotopic (exact) mass is 267 g/mol. The number of benzene rings is 2. The van der Waals surface area contributed by atoms with Gasteiger partial charge < -0.3 is 5.73 Å². The topological polar surface area (TPSA) is 26.0 Å². The fourth-order valence-electron chi connectivity index (χ4n) is 3.76. The summed E-state index contributed by atoms with van der Waals surface area (Å²) in [5, 5.41) is 2.73. The minimum Gasteiger partial charge on any atom is -0.327 e. The van der Waals surface area contributed by atoms with Crippen LogP contribution in [0.1, 0.15) is 44.6 Å². The molecule has 2 aromatic rings. The molecule has 0 bridgehead atoms. The molecule has 3 unspecified atom stereocenters. The average molecular weight is 267 g/mol. The van der Waals surface area contributed by atoms with Crippen LogP contribution in [-0.2, 0) is 0 Å². The van der Waals surface area contributed by atoms with Crippen molar-refractivity contribution in [1.82, 2.24) is 0 Å². The molecule has 1 nitrogen and oxygen atoms in total. The van der Waals surface area contributed by atoms with Crippen LogP contribution in [0.3, 0.4) is 0 Å². The van der Waals surface area contributed by atoms with Crippen molar-refractivity contribution in [3.05, 3.63) is 48.0 Å². The molecule has 0 amide bonds. The van der Waals surface area contributed by atoms with E-state index in [0.29, 0.717) is 12.0 Å². The Kier molecular flexibility index (Phi) is 3.80. The van der Waals surface area contributed by atoms with E-state index in [2.05, 4.69) is 56.3 Å². The van der Waals surface area contributed by atoms with Crippen molar-refractivity contribution < 1.29 is 0 Å². The first-order chi connectivity index (χ1) is 9.66. The summed E-state index contributed by atoms with van der Waals surface area (Å²) in [6.45, 7) is 4.70. The minimum absolute atomic E-state index is 0.316. The van der Waals surface area contributed by atoms with Crippen molar-refractivity contribution in [3.8, 4) is 0 Å². The van der Waals surface area contributed by atoms with Gasteiger partial charge in [0.25, 0.3) is 0 Å². The molecule has 2 aromatic carbocycles. The molecule has 1 heteroatoms. The van der Waals surface area contributed by atoms with Crippen molar-refractivity contribution >= 4 is 10.8 Å². The second-order valence-corrected chi connectivity index (χ2v) is 6.66. The van der Waals surface area contributed by atoms with E-state index in [4.69, 9.17) is 5.73 Å². The van der Waals surface area contributed by atoms with Crippen LogP contribution in [0, 0.1) is 11.8 Å². The van der Waals surface area contributed by atoms with Crippen molar-refractivity contribution in [2.24, 2.45) is 17.6 Å². The molecule has 0 heterocycles. The number of hydrogen-bond donors (Lipinski definition) is 1. The fraction of sp³-hybridized carbons (Fsp3) is 0.474. The predicted octanol–water partition coefficient (Wildman–Crippen LogP) is 4.71. The van der Waals surface area contributed by atoms with Gasteiger partial charge in [-0.2, -0.15) is 0 Å². The smallest absolute Gasteiger partial charge is 0.0108 e. The second kappa shape index (κ2) is 5.57. The Balaban J connectivity index is 2.00. The Labute approximate surface area is 122 Å². The van der Waals surface area contributed by atoms with Crippen LogP contribution in [-0.4, -0.2) is 6.04 Å². The van der Waals surface area contributed by atoms with E-state index in [1.165, 1.54) is 29.2 Å². The largest absolute Gasteiger partial charge is 0.327 e. The van der Waals surface area contributed by atoms with E-state index in [-0.39, 0.29) is 0 Å². The lowest BCUT2D eigenvalue weighted by molar-refractivity contribution is 0.233. The van der Waals surface area contributed by atoms with Crippen LogP contribution in [0.5, 0.6) is 0 Å². The maximum atomic E-state index is 6.46.